The molecule has 138 valence electrons. The molecule has 3 rings (SSSR count). The maximum atomic E-state index is 12.2. The van der Waals surface area contributed by atoms with Crippen LogP contribution in [-0.2, 0) is 19.4 Å². The fraction of sp³-hybridized carbons (Fsp3) is 0.333. The first kappa shape index (κ1) is 18.2. The summed E-state index contributed by atoms with van der Waals surface area (Å²) in [4.78, 5) is 24.2. The van der Waals surface area contributed by atoms with E-state index in [1.54, 1.807) is 31.2 Å². The Hall–Kier alpha value is -2.61. The number of nitrogens with one attached hydrogen (secondary N) is 1. The van der Waals surface area contributed by atoms with Crippen LogP contribution in [-0.4, -0.2) is 49.1 Å². The maximum absolute atomic E-state index is 12.2. The summed E-state index contributed by atoms with van der Waals surface area (Å²) >= 11 is 0. The van der Waals surface area contributed by atoms with Crippen LogP contribution >= 0.6 is 0 Å². The second kappa shape index (κ2) is 6.60. The molecule has 7 nitrogen and oxygen atoms in total. The van der Waals surface area contributed by atoms with Gasteiger partial charge in [-0.05, 0) is 24.8 Å². The normalized spacial score (nSPS) is 21.4. The van der Waals surface area contributed by atoms with Gasteiger partial charge in [-0.25, -0.2) is 13.2 Å². The van der Waals surface area contributed by atoms with Crippen LogP contribution in [0.3, 0.4) is 0 Å². The highest BCUT2D eigenvalue weighted by atomic mass is 32.2. The van der Waals surface area contributed by atoms with E-state index in [4.69, 9.17) is 4.74 Å². The highest BCUT2D eigenvalue weighted by Gasteiger charge is 2.39. The van der Waals surface area contributed by atoms with Crippen molar-refractivity contribution >= 4 is 32.5 Å². The molecule has 0 bridgehead atoms. The molecule has 0 spiro atoms. The Kier molecular flexibility index (Phi) is 4.62. The Labute approximate surface area is 150 Å². The van der Waals surface area contributed by atoms with Gasteiger partial charge in [-0.1, -0.05) is 30.3 Å². The number of benzene rings is 2. The minimum atomic E-state index is -3.16. The Morgan fingerprint density at radius 3 is 2.65 bits per heavy atom. The van der Waals surface area contributed by atoms with Crippen molar-refractivity contribution in [2.45, 2.75) is 18.9 Å². The van der Waals surface area contributed by atoms with Gasteiger partial charge in [-0.15, -0.1) is 0 Å². The van der Waals surface area contributed by atoms with Crippen molar-refractivity contribution in [1.29, 1.82) is 0 Å². The van der Waals surface area contributed by atoms with Gasteiger partial charge in [-0.2, -0.15) is 0 Å². The molecule has 0 unspecified atom stereocenters. The molecule has 26 heavy (non-hydrogen) atoms. The number of esters is 1. The lowest BCUT2D eigenvalue weighted by Gasteiger charge is -2.23. The first-order valence-electron chi connectivity index (χ1n) is 8.08. The number of phenols is 1. The second-order valence-corrected chi connectivity index (χ2v) is 8.89. The Bertz CT molecular complexity index is 984. The molecule has 1 fully saturated rings. The van der Waals surface area contributed by atoms with Gasteiger partial charge in [0.1, 0.15) is 11.3 Å². The number of hydrogen-bond donors (Lipinski definition) is 2. The van der Waals surface area contributed by atoms with Crippen LogP contribution < -0.4 is 5.32 Å². The molecule has 1 saturated heterocycles. The van der Waals surface area contributed by atoms with Gasteiger partial charge in [0.05, 0.1) is 17.0 Å². The average molecular weight is 377 g/mol. The first-order valence-corrected chi connectivity index (χ1v) is 9.91. The Morgan fingerprint density at radius 2 is 1.96 bits per heavy atom. The zero-order chi connectivity index (χ0) is 18.9. The van der Waals surface area contributed by atoms with Gasteiger partial charge in [-0.3, -0.25) is 4.79 Å². The number of carbonyl (C=O) groups is 2. The maximum Gasteiger partial charge on any atom is 0.342 e. The summed E-state index contributed by atoms with van der Waals surface area (Å²) in [5.41, 5.74) is -0.890. The zero-order valence-electron chi connectivity index (χ0n) is 14.2. The second-order valence-electron chi connectivity index (χ2n) is 6.71. The molecule has 0 radical (unpaired) electrons. The fourth-order valence-corrected chi connectivity index (χ4v) is 5.20. The highest BCUT2D eigenvalue weighted by molar-refractivity contribution is 7.91. The van der Waals surface area contributed by atoms with Crippen LogP contribution in [0.25, 0.3) is 10.8 Å². The summed E-state index contributed by atoms with van der Waals surface area (Å²) in [6, 6.07) is 10.1. The first-order chi connectivity index (χ1) is 12.2. The van der Waals surface area contributed by atoms with Crippen LogP contribution in [0.1, 0.15) is 23.7 Å². The molecule has 1 aliphatic rings. The smallest absolute Gasteiger partial charge is 0.342 e. The van der Waals surface area contributed by atoms with Crippen LogP contribution in [0.2, 0.25) is 0 Å². The Balaban J connectivity index is 1.64. The number of fused-ring (bicyclic) bond motifs is 1. The molecular weight excluding hydrogens is 358 g/mol. The summed E-state index contributed by atoms with van der Waals surface area (Å²) < 4.78 is 28.1. The van der Waals surface area contributed by atoms with Crippen LogP contribution in [0, 0.1) is 0 Å². The number of ether oxygens (including phenoxy) is 1. The quantitative estimate of drug-likeness (QED) is 0.780. The summed E-state index contributed by atoms with van der Waals surface area (Å²) in [5, 5.41) is 14.1. The largest absolute Gasteiger partial charge is 0.506 e. The lowest BCUT2D eigenvalue weighted by atomic mass is 10.0. The topological polar surface area (TPSA) is 110 Å². The summed E-state index contributed by atoms with van der Waals surface area (Å²) in [6.45, 7) is 1.09. The standard InChI is InChI=1S/C18H19NO6S/c1-18(8-9-26(23,24)11-18)19-15(20)10-25-17(22)14-7-6-12-4-2-3-5-13(12)16(14)21/h2-7,21H,8-11H2,1H3,(H,19,20)/t18-/m1/s1. The molecule has 8 heteroatoms. The van der Waals surface area contributed by atoms with Gasteiger partial charge in [0.25, 0.3) is 5.91 Å². The number of sulfone groups is 1. The van der Waals surface area contributed by atoms with Gasteiger partial charge in [0.15, 0.2) is 16.4 Å². The van der Waals surface area contributed by atoms with E-state index in [0.717, 1.165) is 5.39 Å². The molecule has 2 aromatic carbocycles. The monoisotopic (exact) mass is 377 g/mol. The molecule has 0 aromatic heterocycles. The van der Waals surface area contributed by atoms with Crippen molar-refractivity contribution in [1.82, 2.24) is 5.32 Å². The van der Waals surface area contributed by atoms with Gasteiger partial charge in [0.2, 0.25) is 0 Å². The van der Waals surface area contributed by atoms with E-state index < -0.39 is 33.9 Å². The highest BCUT2D eigenvalue weighted by Crippen LogP contribution is 2.29. The van der Waals surface area contributed by atoms with Gasteiger partial charge >= 0.3 is 5.97 Å². The molecule has 0 saturated carbocycles. The molecular formula is C18H19NO6S. The van der Waals surface area contributed by atoms with E-state index in [9.17, 15) is 23.1 Å². The SMILES string of the molecule is C[C@@]1(NC(=O)COC(=O)c2ccc3ccccc3c2O)CCS(=O)(=O)C1. The van der Waals surface area contributed by atoms with Crippen molar-refractivity contribution in [3.8, 4) is 5.75 Å². The van der Waals surface area contributed by atoms with Crippen molar-refractivity contribution in [2.75, 3.05) is 18.1 Å². The number of rotatable bonds is 4. The predicted molar refractivity (Wildman–Crippen MR) is 95.7 cm³/mol. The van der Waals surface area contributed by atoms with E-state index in [-0.39, 0.29) is 22.8 Å². The summed E-state index contributed by atoms with van der Waals surface area (Å²) in [7, 11) is -3.16. The third-order valence-corrected chi connectivity index (χ3v) is 6.30. The van der Waals surface area contributed by atoms with E-state index in [1.165, 1.54) is 6.07 Å². The fourth-order valence-electron chi connectivity index (χ4n) is 3.11. The number of aromatic hydroxyl groups is 1. The average Bonchev–Trinajstić information content (AvgIpc) is 2.86. The third-order valence-electron chi connectivity index (χ3n) is 4.40. The van der Waals surface area contributed by atoms with Crippen molar-refractivity contribution in [3.05, 3.63) is 42.0 Å². The predicted octanol–water partition coefficient (Wildman–Crippen LogP) is 1.40. The molecule has 0 aliphatic carbocycles. The van der Waals surface area contributed by atoms with E-state index in [1.807, 2.05) is 6.07 Å². The number of hydrogen-bond acceptors (Lipinski definition) is 6. The molecule has 1 aliphatic heterocycles. The molecule has 1 amide bonds. The van der Waals surface area contributed by atoms with E-state index in [0.29, 0.717) is 11.8 Å². The lowest BCUT2D eigenvalue weighted by Crippen LogP contribution is -2.48. The van der Waals surface area contributed by atoms with Crippen LogP contribution in [0.4, 0.5) is 0 Å². The Morgan fingerprint density at radius 1 is 1.23 bits per heavy atom. The van der Waals surface area contributed by atoms with Gasteiger partial charge < -0.3 is 15.2 Å². The van der Waals surface area contributed by atoms with Crippen LogP contribution in [0.5, 0.6) is 5.75 Å². The van der Waals surface area contributed by atoms with Crippen LogP contribution in [0.15, 0.2) is 36.4 Å². The number of phenolic OH excluding ortho intramolecular Hbond substituents is 1. The minimum Gasteiger partial charge on any atom is -0.506 e. The molecule has 1 heterocycles. The van der Waals surface area contributed by atoms with E-state index >= 15 is 0 Å². The lowest BCUT2D eigenvalue weighted by molar-refractivity contribution is -0.125. The number of carbonyl (C=O) groups excluding carboxylic acids is 2. The summed E-state index contributed by atoms with van der Waals surface area (Å²) in [5.74, 6) is -1.73. The van der Waals surface area contributed by atoms with E-state index in [2.05, 4.69) is 5.32 Å². The van der Waals surface area contributed by atoms with Crippen molar-refractivity contribution in [2.24, 2.45) is 0 Å². The molecule has 1 atom stereocenters. The van der Waals surface area contributed by atoms with Gasteiger partial charge in [0, 0.05) is 5.39 Å². The summed E-state index contributed by atoms with van der Waals surface area (Å²) in [6.07, 6.45) is 0.320. The zero-order valence-corrected chi connectivity index (χ0v) is 15.0. The molecule has 2 aromatic rings. The molecule has 2 N–H and O–H groups in total. The van der Waals surface area contributed by atoms with Crippen molar-refractivity contribution < 1.29 is 27.9 Å². The number of amides is 1. The third kappa shape index (κ3) is 3.80. The minimum absolute atomic E-state index is 0.0224. The van der Waals surface area contributed by atoms with Crippen molar-refractivity contribution in [3.63, 3.8) is 0 Å².